The zero-order valence-electron chi connectivity index (χ0n) is 16.5. The fourth-order valence-electron chi connectivity index (χ4n) is 3.41. The lowest BCUT2D eigenvalue weighted by atomic mass is 10.1. The lowest BCUT2D eigenvalue weighted by molar-refractivity contribution is -0.137. The van der Waals surface area contributed by atoms with Gasteiger partial charge in [-0.3, -0.25) is 4.79 Å². The van der Waals surface area contributed by atoms with Gasteiger partial charge in [0.1, 0.15) is 11.4 Å². The maximum atomic E-state index is 10.7. The number of benzene rings is 4. The van der Waals surface area contributed by atoms with Crippen LogP contribution in [0.3, 0.4) is 0 Å². The minimum Gasteiger partial charge on any atom is -0.491 e. The summed E-state index contributed by atoms with van der Waals surface area (Å²) in [6, 6.07) is 25.9. The summed E-state index contributed by atoms with van der Waals surface area (Å²) in [5, 5.41) is 22.1. The van der Waals surface area contributed by atoms with E-state index in [-0.39, 0.29) is 6.42 Å². The van der Waals surface area contributed by atoms with Crippen LogP contribution < -0.4 is 4.74 Å². The number of nitrogens with zero attached hydrogens (tertiary/aromatic N) is 2. The number of hydrogen-bond acceptors (Lipinski definition) is 4. The van der Waals surface area contributed by atoms with E-state index in [9.17, 15) is 4.79 Å². The van der Waals surface area contributed by atoms with Crippen molar-refractivity contribution in [3.05, 3.63) is 78.9 Å². The first-order valence-electron chi connectivity index (χ1n) is 9.98. The minimum atomic E-state index is -0.787. The summed E-state index contributed by atoms with van der Waals surface area (Å²) in [6.45, 7) is 0.433. The molecule has 4 rings (SSSR count). The van der Waals surface area contributed by atoms with E-state index in [1.807, 2.05) is 66.7 Å². The second-order valence-electron chi connectivity index (χ2n) is 7.03. The van der Waals surface area contributed by atoms with Gasteiger partial charge in [-0.05, 0) is 35.7 Å². The lowest BCUT2D eigenvalue weighted by Crippen LogP contribution is -2.00. The maximum Gasteiger partial charge on any atom is 0.303 e. The highest BCUT2D eigenvalue weighted by atomic mass is 16.5. The Hall–Kier alpha value is -3.73. The first-order valence-corrected chi connectivity index (χ1v) is 9.98. The van der Waals surface area contributed by atoms with Crippen molar-refractivity contribution in [2.24, 2.45) is 10.2 Å². The number of rotatable bonds is 8. The van der Waals surface area contributed by atoms with Crippen LogP contribution in [0.4, 0.5) is 11.4 Å². The third kappa shape index (κ3) is 4.46. The number of azo groups is 1. The highest BCUT2D eigenvalue weighted by Gasteiger charge is 2.09. The average molecular weight is 398 g/mol. The van der Waals surface area contributed by atoms with E-state index < -0.39 is 5.97 Å². The zero-order valence-corrected chi connectivity index (χ0v) is 16.5. The van der Waals surface area contributed by atoms with E-state index in [1.165, 1.54) is 0 Å². The first-order chi connectivity index (χ1) is 14.7. The molecular formula is C25H22N2O3. The summed E-state index contributed by atoms with van der Waals surface area (Å²) in [5.41, 5.74) is 1.48. The predicted molar refractivity (Wildman–Crippen MR) is 119 cm³/mol. The monoisotopic (exact) mass is 398 g/mol. The normalized spacial score (nSPS) is 11.3. The molecule has 150 valence electrons. The van der Waals surface area contributed by atoms with Crippen LogP contribution in [0.1, 0.15) is 19.3 Å². The molecule has 0 heterocycles. The maximum absolute atomic E-state index is 10.7. The summed E-state index contributed by atoms with van der Waals surface area (Å²) in [5.74, 6) is -0.140. The van der Waals surface area contributed by atoms with Crippen LogP contribution in [-0.2, 0) is 4.79 Å². The molecule has 0 unspecified atom stereocenters. The number of carboxylic acids is 1. The van der Waals surface area contributed by atoms with Crippen molar-refractivity contribution in [2.75, 3.05) is 6.61 Å². The molecule has 1 N–H and O–H groups in total. The van der Waals surface area contributed by atoms with Crippen molar-refractivity contribution in [3.8, 4) is 5.75 Å². The van der Waals surface area contributed by atoms with Crippen LogP contribution in [0.5, 0.6) is 5.75 Å². The molecule has 0 bridgehead atoms. The van der Waals surface area contributed by atoms with E-state index in [2.05, 4.69) is 22.4 Å². The Kier molecular flexibility index (Phi) is 5.99. The number of unbranched alkanes of at least 4 members (excludes halogenated alkanes) is 1. The molecule has 5 nitrogen and oxygen atoms in total. The van der Waals surface area contributed by atoms with Crippen molar-refractivity contribution < 1.29 is 14.6 Å². The SMILES string of the molecule is O=C(O)CCCCOc1ccc2ccccc2c1N=Nc1cccc2ccccc12. The molecule has 0 aliphatic carbocycles. The van der Waals surface area contributed by atoms with Gasteiger partial charge in [0.05, 0.1) is 12.3 Å². The number of carbonyl (C=O) groups is 1. The van der Waals surface area contributed by atoms with Crippen molar-refractivity contribution in [1.29, 1.82) is 0 Å². The van der Waals surface area contributed by atoms with Gasteiger partial charge in [-0.15, -0.1) is 10.2 Å². The molecule has 0 spiro atoms. The van der Waals surface area contributed by atoms with Crippen LogP contribution in [0.15, 0.2) is 89.1 Å². The van der Waals surface area contributed by atoms with E-state index in [1.54, 1.807) is 0 Å². The zero-order chi connectivity index (χ0) is 20.8. The third-order valence-corrected chi connectivity index (χ3v) is 4.93. The Morgan fingerprint density at radius 2 is 1.47 bits per heavy atom. The van der Waals surface area contributed by atoms with Crippen LogP contribution in [-0.4, -0.2) is 17.7 Å². The quantitative estimate of drug-likeness (QED) is 0.255. The molecule has 30 heavy (non-hydrogen) atoms. The van der Waals surface area contributed by atoms with Gasteiger partial charge in [0.15, 0.2) is 0 Å². The molecule has 0 atom stereocenters. The molecule has 0 aromatic heterocycles. The van der Waals surface area contributed by atoms with E-state index >= 15 is 0 Å². The fraction of sp³-hybridized carbons (Fsp3) is 0.160. The highest BCUT2D eigenvalue weighted by molar-refractivity contribution is 5.96. The van der Waals surface area contributed by atoms with Crippen molar-refractivity contribution in [2.45, 2.75) is 19.3 Å². The molecule has 0 saturated heterocycles. The molecule has 0 saturated carbocycles. The Balaban J connectivity index is 1.65. The summed E-state index contributed by atoms with van der Waals surface area (Å²) >= 11 is 0. The summed E-state index contributed by atoms with van der Waals surface area (Å²) < 4.78 is 5.96. The second-order valence-corrected chi connectivity index (χ2v) is 7.03. The van der Waals surface area contributed by atoms with E-state index in [4.69, 9.17) is 9.84 Å². The molecule has 4 aromatic rings. The van der Waals surface area contributed by atoms with Gasteiger partial charge >= 0.3 is 5.97 Å². The van der Waals surface area contributed by atoms with Gasteiger partial charge < -0.3 is 9.84 Å². The Labute approximate surface area is 174 Å². The van der Waals surface area contributed by atoms with Gasteiger partial charge in [0, 0.05) is 17.2 Å². The molecule has 4 aromatic carbocycles. The minimum absolute atomic E-state index is 0.148. The summed E-state index contributed by atoms with van der Waals surface area (Å²) in [6.07, 6.45) is 1.39. The Bertz CT molecular complexity index is 1210. The molecule has 0 fully saturated rings. The van der Waals surface area contributed by atoms with Crippen LogP contribution in [0, 0.1) is 0 Å². The molecule has 0 aliphatic rings. The smallest absolute Gasteiger partial charge is 0.303 e. The third-order valence-electron chi connectivity index (χ3n) is 4.93. The average Bonchev–Trinajstić information content (AvgIpc) is 2.77. The van der Waals surface area contributed by atoms with Crippen molar-refractivity contribution >= 4 is 38.9 Å². The Morgan fingerprint density at radius 3 is 2.27 bits per heavy atom. The van der Waals surface area contributed by atoms with Crippen LogP contribution >= 0.6 is 0 Å². The number of fused-ring (bicyclic) bond motifs is 2. The van der Waals surface area contributed by atoms with Gasteiger partial charge in [-0.2, -0.15) is 0 Å². The first kappa shape index (κ1) is 19.6. The van der Waals surface area contributed by atoms with Gasteiger partial charge in [0.2, 0.25) is 0 Å². The standard InChI is InChI=1S/C25H22N2O3/c28-24(29)14-5-6-17-30-23-16-15-19-9-2-4-12-21(19)25(23)27-26-22-13-7-10-18-8-1-3-11-20(18)22/h1-4,7-13,15-16H,5-6,14,17H2,(H,28,29). The largest absolute Gasteiger partial charge is 0.491 e. The predicted octanol–water partition coefficient (Wildman–Crippen LogP) is 7.04. The van der Waals surface area contributed by atoms with Crippen molar-refractivity contribution in [3.63, 3.8) is 0 Å². The van der Waals surface area contributed by atoms with Gasteiger partial charge in [-0.25, -0.2) is 0 Å². The van der Waals surface area contributed by atoms with E-state index in [0.717, 1.165) is 27.2 Å². The van der Waals surface area contributed by atoms with Gasteiger partial charge in [0.25, 0.3) is 0 Å². The van der Waals surface area contributed by atoms with Crippen LogP contribution in [0.25, 0.3) is 21.5 Å². The summed E-state index contributed by atoms with van der Waals surface area (Å²) in [7, 11) is 0. The molecule has 0 aliphatic heterocycles. The molecular weight excluding hydrogens is 376 g/mol. The number of ether oxygens (including phenoxy) is 1. The van der Waals surface area contributed by atoms with Crippen molar-refractivity contribution in [1.82, 2.24) is 0 Å². The Morgan fingerprint density at radius 1 is 0.767 bits per heavy atom. The molecule has 5 heteroatoms. The molecule has 0 radical (unpaired) electrons. The van der Waals surface area contributed by atoms with Crippen LogP contribution in [0.2, 0.25) is 0 Å². The number of aliphatic carboxylic acids is 1. The highest BCUT2D eigenvalue weighted by Crippen LogP contribution is 2.38. The molecule has 0 amide bonds. The number of hydrogen-bond donors (Lipinski definition) is 1. The summed E-state index contributed by atoms with van der Waals surface area (Å²) in [4.78, 5) is 10.7. The topological polar surface area (TPSA) is 71.2 Å². The van der Waals surface area contributed by atoms with Gasteiger partial charge in [-0.1, -0.05) is 66.7 Å². The lowest BCUT2D eigenvalue weighted by Gasteiger charge is -2.11. The second kappa shape index (κ2) is 9.18. The fourth-order valence-corrected chi connectivity index (χ4v) is 3.41. The van der Waals surface area contributed by atoms with E-state index in [0.29, 0.717) is 30.9 Å². The number of carboxylic acid groups (broad SMARTS) is 1.